The Morgan fingerprint density at radius 1 is 1.12 bits per heavy atom. The SMILES string of the molecule is CN=C(NCC1(O)CCCC1)N1CCS(=O)(=O)C2(CCCCC2)C1. The van der Waals surface area contributed by atoms with Crippen LogP contribution in [0.5, 0.6) is 0 Å². The number of guanidine groups is 1. The lowest BCUT2D eigenvalue weighted by molar-refractivity contribution is 0.0514. The van der Waals surface area contributed by atoms with E-state index in [0.29, 0.717) is 19.6 Å². The van der Waals surface area contributed by atoms with E-state index in [2.05, 4.69) is 15.2 Å². The molecule has 2 saturated carbocycles. The van der Waals surface area contributed by atoms with Crippen molar-refractivity contribution < 1.29 is 13.5 Å². The quantitative estimate of drug-likeness (QED) is 0.575. The summed E-state index contributed by atoms with van der Waals surface area (Å²) in [6, 6.07) is 0. The summed E-state index contributed by atoms with van der Waals surface area (Å²) in [5.74, 6) is 0.938. The van der Waals surface area contributed by atoms with Crippen LogP contribution in [0.2, 0.25) is 0 Å². The van der Waals surface area contributed by atoms with Crippen LogP contribution in [0.15, 0.2) is 4.99 Å². The average molecular weight is 358 g/mol. The average Bonchev–Trinajstić information content (AvgIpc) is 2.99. The van der Waals surface area contributed by atoms with Crippen molar-refractivity contribution >= 4 is 15.8 Å². The van der Waals surface area contributed by atoms with Crippen molar-refractivity contribution in [1.82, 2.24) is 10.2 Å². The van der Waals surface area contributed by atoms with E-state index in [4.69, 9.17) is 0 Å². The molecule has 1 heterocycles. The summed E-state index contributed by atoms with van der Waals surface area (Å²) in [7, 11) is -1.30. The smallest absolute Gasteiger partial charge is 0.193 e. The maximum absolute atomic E-state index is 12.7. The van der Waals surface area contributed by atoms with Crippen LogP contribution in [0, 0.1) is 0 Å². The van der Waals surface area contributed by atoms with Gasteiger partial charge in [-0.05, 0) is 25.7 Å². The van der Waals surface area contributed by atoms with Crippen molar-refractivity contribution in [2.75, 3.05) is 32.4 Å². The first-order chi connectivity index (χ1) is 11.4. The first-order valence-corrected chi connectivity index (χ1v) is 11.0. The number of nitrogens with zero attached hydrogens (tertiary/aromatic N) is 2. The summed E-state index contributed by atoms with van der Waals surface area (Å²) >= 11 is 0. The molecule has 138 valence electrons. The molecule has 1 saturated heterocycles. The largest absolute Gasteiger partial charge is 0.388 e. The Labute approximate surface area is 145 Å². The molecular formula is C17H31N3O3S. The van der Waals surface area contributed by atoms with E-state index < -0.39 is 20.2 Å². The number of aliphatic imine (C=N–C) groups is 1. The Morgan fingerprint density at radius 3 is 2.38 bits per heavy atom. The molecule has 0 unspecified atom stereocenters. The first kappa shape index (κ1) is 18.0. The molecule has 2 N–H and O–H groups in total. The van der Waals surface area contributed by atoms with Crippen molar-refractivity contribution in [2.45, 2.75) is 68.1 Å². The molecule has 6 nitrogen and oxygen atoms in total. The van der Waals surface area contributed by atoms with Gasteiger partial charge in [0.25, 0.3) is 0 Å². The maximum Gasteiger partial charge on any atom is 0.193 e. The normalized spacial score (nSPS) is 28.9. The molecule has 3 aliphatic rings. The van der Waals surface area contributed by atoms with Crippen molar-refractivity contribution in [3.05, 3.63) is 0 Å². The van der Waals surface area contributed by atoms with E-state index >= 15 is 0 Å². The van der Waals surface area contributed by atoms with Gasteiger partial charge in [0.15, 0.2) is 15.8 Å². The van der Waals surface area contributed by atoms with E-state index in [9.17, 15) is 13.5 Å². The topological polar surface area (TPSA) is 82.0 Å². The number of hydrogen-bond acceptors (Lipinski definition) is 4. The number of sulfone groups is 1. The summed E-state index contributed by atoms with van der Waals surface area (Å²) in [4.78, 5) is 6.44. The van der Waals surface area contributed by atoms with Gasteiger partial charge < -0.3 is 15.3 Å². The summed E-state index contributed by atoms with van der Waals surface area (Å²) in [5, 5.41) is 13.8. The Balaban J connectivity index is 1.69. The number of aliphatic hydroxyl groups is 1. The van der Waals surface area contributed by atoms with Crippen LogP contribution >= 0.6 is 0 Å². The predicted molar refractivity (Wildman–Crippen MR) is 96.0 cm³/mol. The first-order valence-electron chi connectivity index (χ1n) is 9.30. The van der Waals surface area contributed by atoms with Gasteiger partial charge in [0.1, 0.15) is 0 Å². The zero-order chi connectivity index (χ0) is 17.3. The summed E-state index contributed by atoms with van der Waals surface area (Å²) in [6.45, 7) is 1.52. The minimum absolute atomic E-state index is 0.206. The Hall–Kier alpha value is -0.820. The summed E-state index contributed by atoms with van der Waals surface area (Å²) in [5.41, 5.74) is -0.639. The number of nitrogens with one attached hydrogen (secondary N) is 1. The fraction of sp³-hybridized carbons (Fsp3) is 0.941. The zero-order valence-electron chi connectivity index (χ0n) is 14.8. The highest BCUT2D eigenvalue weighted by molar-refractivity contribution is 7.92. The molecule has 0 radical (unpaired) electrons. The molecule has 0 aromatic carbocycles. The molecule has 24 heavy (non-hydrogen) atoms. The highest BCUT2D eigenvalue weighted by Crippen LogP contribution is 2.38. The molecule has 1 aliphatic heterocycles. The molecule has 3 fully saturated rings. The predicted octanol–water partition coefficient (Wildman–Crippen LogP) is 1.30. The van der Waals surface area contributed by atoms with Crippen molar-refractivity contribution in [2.24, 2.45) is 4.99 Å². The second kappa shape index (κ2) is 6.83. The van der Waals surface area contributed by atoms with Crippen molar-refractivity contribution in [3.8, 4) is 0 Å². The highest BCUT2D eigenvalue weighted by atomic mass is 32.2. The van der Waals surface area contributed by atoms with Crippen LogP contribution in [-0.4, -0.2) is 67.2 Å². The Morgan fingerprint density at radius 2 is 1.75 bits per heavy atom. The Kier molecular flexibility index (Phi) is 5.12. The van der Waals surface area contributed by atoms with Crippen molar-refractivity contribution in [1.29, 1.82) is 0 Å². The van der Waals surface area contributed by atoms with Gasteiger partial charge in [-0.3, -0.25) is 4.99 Å². The zero-order valence-corrected chi connectivity index (χ0v) is 15.6. The highest BCUT2D eigenvalue weighted by Gasteiger charge is 2.48. The minimum atomic E-state index is -3.04. The van der Waals surface area contributed by atoms with Crippen LogP contribution in [0.25, 0.3) is 0 Å². The second-order valence-corrected chi connectivity index (χ2v) is 10.3. The second-order valence-electron chi connectivity index (χ2n) is 7.82. The summed E-state index contributed by atoms with van der Waals surface area (Å²) in [6.07, 6.45) is 8.48. The van der Waals surface area contributed by atoms with Gasteiger partial charge in [-0.15, -0.1) is 0 Å². The van der Waals surface area contributed by atoms with E-state index in [-0.39, 0.29) is 5.75 Å². The fourth-order valence-electron chi connectivity index (χ4n) is 4.60. The lowest BCUT2D eigenvalue weighted by Crippen LogP contribution is -2.61. The lowest BCUT2D eigenvalue weighted by Gasteiger charge is -2.45. The molecule has 3 rings (SSSR count). The number of hydrogen-bond donors (Lipinski definition) is 2. The summed E-state index contributed by atoms with van der Waals surface area (Å²) < 4.78 is 24.8. The van der Waals surface area contributed by atoms with Gasteiger partial charge in [-0.2, -0.15) is 0 Å². The molecule has 0 bridgehead atoms. The number of rotatable bonds is 2. The molecule has 0 aromatic rings. The Bertz CT molecular complexity index is 576. The van der Waals surface area contributed by atoms with E-state index in [1.165, 1.54) is 0 Å². The molecular weight excluding hydrogens is 326 g/mol. The molecule has 7 heteroatoms. The minimum Gasteiger partial charge on any atom is -0.388 e. The van der Waals surface area contributed by atoms with Gasteiger partial charge in [0.05, 0.1) is 16.1 Å². The monoisotopic (exact) mass is 357 g/mol. The third-order valence-electron chi connectivity index (χ3n) is 6.15. The molecule has 0 aromatic heterocycles. The van der Waals surface area contributed by atoms with Gasteiger partial charge in [-0.25, -0.2) is 8.42 Å². The van der Waals surface area contributed by atoms with Crippen LogP contribution < -0.4 is 5.32 Å². The van der Waals surface area contributed by atoms with Crippen LogP contribution in [-0.2, 0) is 9.84 Å². The van der Waals surface area contributed by atoms with Gasteiger partial charge in [0.2, 0.25) is 0 Å². The standard InChI is InChI=1S/C17H31N3O3S/c1-18-15(19-13-16(21)7-5-6-8-16)20-11-12-24(22,23)17(14-20)9-3-2-4-10-17/h21H,2-14H2,1H3,(H,18,19). The molecule has 2 aliphatic carbocycles. The molecule has 0 atom stereocenters. The van der Waals surface area contributed by atoms with Crippen LogP contribution in [0.1, 0.15) is 57.8 Å². The van der Waals surface area contributed by atoms with Crippen LogP contribution in [0.4, 0.5) is 0 Å². The maximum atomic E-state index is 12.7. The van der Waals surface area contributed by atoms with Gasteiger partial charge >= 0.3 is 0 Å². The van der Waals surface area contributed by atoms with E-state index in [0.717, 1.165) is 63.7 Å². The molecule has 0 amide bonds. The van der Waals surface area contributed by atoms with Crippen LogP contribution in [0.3, 0.4) is 0 Å². The van der Waals surface area contributed by atoms with E-state index in [1.807, 2.05) is 0 Å². The fourth-order valence-corrected chi connectivity index (χ4v) is 6.76. The van der Waals surface area contributed by atoms with Gasteiger partial charge in [-0.1, -0.05) is 32.1 Å². The van der Waals surface area contributed by atoms with E-state index in [1.54, 1.807) is 7.05 Å². The lowest BCUT2D eigenvalue weighted by atomic mass is 9.87. The van der Waals surface area contributed by atoms with Crippen molar-refractivity contribution in [3.63, 3.8) is 0 Å². The third kappa shape index (κ3) is 3.43. The molecule has 1 spiro atoms. The third-order valence-corrected chi connectivity index (χ3v) is 8.73. The van der Waals surface area contributed by atoms with Gasteiger partial charge in [0, 0.05) is 26.7 Å².